The number of hydrogen-bond donors (Lipinski definition) is 1. The summed E-state index contributed by atoms with van der Waals surface area (Å²) in [6.45, 7) is 9.03. The zero-order valence-electron chi connectivity index (χ0n) is 9.95. The van der Waals surface area contributed by atoms with Crippen LogP contribution in [0.25, 0.3) is 0 Å². The summed E-state index contributed by atoms with van der Waals surface area (Å²) < 4.78 is 0. The van der Waals surface area contributed by atoms with E-state index < -0.39 is 0 Å². The van der Waals surface area contributed by atoms with Gasteiger partial charge < -0.3 is 10.2 Å². The molecule has 1 aliphatic rings. The number of amides is 1. The van der Waals surface area contributed by atoms with Crippen molar-refractivity contribution in [2.45, 2.75) is 39.7 Å². The van der Waals surface area contributed by atoms with Crippen molar-refractivity contribution >= 4 is 18.3 Å². The number of nitrogens with one attached hydrogen (secondary N) is 1. The Hall–Kier alpha value is -0.280. The van der Waals surface area contributed by atoms with Gasteiger partial charge in [-0.3, -0.25) is 4.79 Å². The average molecular weight is 235 g/mol. The Morgan fingerprint density at radius 3 is 2.33 bits per heavy atom. The van der Waals surface area contributed by atoms with Crippen LogP contribution >= 0.6 is 12.4 Å². The third-order valence-corrected chi connectivity index (χ3v) is 2.76. The first-order valence-corrected chi connectivity index (χ1v) is 5.58. The first-order chi connectivity index (χ1) is 6.59. The van der Waals surface area contributed by atoms with Gasteiger partial charge in [-0.05, 0) is 25.3 Å². The smallest absolute Gasteiger partial charge is 0.219 e. The molecule has 1 aliphatic heterocycles. The molecule has 1 rings (SSSR count). The molecule has 0 aromatic rings. The van der Waals surface area contributed by atoms with Gasteiger partial charge >= 0.3 is 0 Å². The van der Waals surface area contributed by atoms with Crippen LogP contribution in [0, 0.1) is 5.92 Å². The number of rotatable bonds is 3. The molecule has 0 atom stereocenters. The number of nitrogens with zero attached hydrogens (tertiary/aromatic N) is 1. The zero-order chi connectivity index (χ0) is 10.6. The highest BCUT2D eigenvalue weighted by Crippen LogP contribution is 2.10. The monoisotopic (exact) mass is 234 g/mol. The third kappa shape index (κ3) is 5.38. The molecule has 1 fully saturated rings. The quantitative estimate of drug-likeness (QED) is 0.806. The lowest BCUT2D eigenvalue weighted by Gasteiger charge is -2.32. The van der Waals surface area contributed by atoms with Crippen molar-refractivity contribution < 1.29 is 4.79 Å². The van der Waals surface area contributed by atoms with Gasteiger partial charge in [-0.1, -0.05) is 13.8 Å². The minimum atomic E-state index is 0. The minimum absolute atomic E-state index is 0. The predicted molar refractivity (Wildman–Crippen MR) is 65.4 cm³/mol. The van der Waals surface area contributed by atoms with E-state index in [4.69, 9.17) is 0 Å². The molecule has 90 valence electrons. The predicted octanol–water partition coefficient (Wildman–Crippen LogP) is 1.66. The molecule has 1 saturated heterocycles. The van der Waals surface area contributed by atoms with Crippen LogP contribution in [-0.2, 0) is 4.79 Å². The molecule has 1 heterocycles. The maximum absolute atomic E-state index is 11.1. The van der Waals surface area contributed by atoms with Crippen molar-refractivity contribution in [3.05, 3.63) is 0 Å². The second-order valence-corrected chi connectivity index (χ2v) is 4.58. The number of carbonyl (C=O) groups is 1. The van der Waals surface area contributed by atoms with Crippen molar-refractivity contribution in [3.63, 3.8) is 0 Å². The highest BCUT2D eigenvalue weighted by atomic mass is 35.5. The lowest BCUT2D eigenvalue weighted by Crippen LogP contribution is -2.44. The van der Waals surface area contributed by atoms with Gasteiger partial charge in [0.25, 0.3) is 0 Å². The van der Waals surface area contributed by atoms with E-state index in [0.29, 0.717) is 12.0 Å². The molecule has 0 radical (unpaired) electrons. The van der Waals surface area contributed by atoms with E-state index in [1.54, 1.807) is 6.92 Å². The average Bonchev–Trinajstić information content (AvgIpc) is 2.15. The number of piperidine rings is 1. The topological polar surface area (TPSA) is 32.3 Å². The molecule has 1 amide bonds. The van der Waals surface area contributed by atoms with Gasteiger partial charge in [0.05, 0.1) is 0 Å². The summed E-state index contributed by atoms with van der Waals surface area (Å²) in [7, 11) is 0. The summed E-state index contributed by atoms with van der Waals surface area (Å²) in [5.41, 5.74) is 0. The van der Waals surface area contributed by atoms with E-state index >= 15 is 0 Å². The maximum Gasteiger partial charge on any atom is 0.219 e. The Morgan fingerprint density at radius 2 is 1.93 bits per heavy atom. The Bertz CT molecular complexity index is 189. The van der Waals surface area contributed by atoms with Crippen LogP contribution in [0.4, 0.5) is 0 Å². The molecule has 3 nitrogen and oxygen atoms in total. The molecular formula is C11H23ClN2O. The maximum atomic E-state index is 11.1. The number of likely N-dealkylation sites (tertiary alicyclic amines) is 1. The molecule has 1 N–H and O–H groups in total. The van der Waals surface area contributed by atoms with Crippen molar-refractivity contribution in [2.24, 2.45) is 5.92 Å². The van der Waals surface area contributed by atoms with E-state index in [0.717, 1.165) is 32.5 Å². The molecule has 0 spiro atoms. The summed E-state index contributed by atoms with van der Waals surface area (Å²) in [6, 6.07) is 0.619. The van der Waals surface area contributed by atoms with Crippen molar-refractivity contribution in [3.8, 4) is 0 Å². The van der Waals surface area contributed by atoms with Crippen molar-refractivity contribution in [1.82, 2.24) is 10.2 Å². The van der Waals surface area contributed by atoms with Gasteiger partial charge in [0, 0.05) is 26.1 Å². The van der Waals surface area contributed by atoms with Crippen LogP contribution in [0.3, 0.4) is 0 Å². The molecule has 0 saturated carbocycles. The minimum Gasteiger partial charge on any atom is -0.343 e. The lowest BCUT2D eigenvalue weighted by molar-refractivity contribution is -0.129. The highest BCUT2D eigenvalue weighted by Gasteiger charge is 2.19. The second-order valence-electron chi connectivity index (χ2n) is 4.58. The standard InChI is InChI=1S/C11H22N2O.ClH/c1-9(2)8-12-11-4-6-13(7-5-11)10(3)14;/h9,11-12H,4-8H2,1-3H3;1H. The molecule has 15 heavy (non-hydrogen) atoms. The normalized spacial score (nSPS) is 17.7. The number of hydrogen-bond acceptors (Lipinski definition) is 2. The van der Waals surface area contributed by atoms with E-state index in [9.17, 15) is 4.79 Å². The molecule has 0 bridgehead atoms. The van der Waals surface area contributed by atoms with Crippen LogP contribution < -0.4 is 5.32 Å². The highest BCUT2D eigenvalue weighted by molar-refractivity contribution is 5.85. The summed E-state index contributed by atoms with van der Waals surface area (Å²) in [5.74, 6) is 0.924. The molecule has 0 unspecified atom stereocenters. The summed E-state index contributed by atoms with van der Waals surface area (Å²) in [4.78, 5) is 13.0. The van der Waals surface area contributed by atoms with Gasteiger partial charge in [0.15, 0.2) is 0 Å². The van der Waals surface area contributed by atoms with Crippen LogP contribution in [-0.4, -0.2) is 36.5 Å². The van der Waals surface area contributed by atoms with Crippen molar-refractivity contribution in [2.75, 3.05) is 19.6 Å². The van der Waals surface area contributed by atoms with E-state index in [2.05, 4.69) is 19.2 Å². The van der Waals surface area contributed by atoms with Crippen LogP contribution in [0.1, 0.15) is 33.6 Å². The third-order valence-electron chi connectivity index (χ3n) is 2.76. The number of carbonyl (C=O) groups excluding carboxylic acids is 1. The molecule has 4 heteroatoms. The van der Waals surface area contributed by atoms with Crippen molar-refractivity contribution in [1.29, 1.82) is 0 Å². The summed E-state index contributed by atoms with van der Waals surface area (Å²) in [5, 5.41) is 3.54. The van der Waals surface area contributed by atoms with Gasteiger partial charge in [0.2, 0.25) is 5.91 Å². The number of halogens is 1. The zero-order valence-corrected chi connectivity index (χ0v) is 10.8. The Labute approximate surface area is 99.0 Å². The van der Waals surface area contributed by atoms with Crippen LogP contribution in [0.2, 0.25) is 0 Å². The second kappa shape index (κ2) is 7.07. The summed E-state index contributed by atoms with van der Waals surface area (Å²) in [6.07, 6.45) is 2.21. The van der Waals surface area contributed by atoms with E-state index in [-0.39, 0.29) is 18.3 Å². The van der Waals surface area contributed by atoms with Gasteiger partial charge in [-0.15, -0.1) is 12.4 Å². The first kappa shape index (κ1) is 14.7. The van der Waals surface area contributed by atoms with E-state index in [1.807, 2.05) is 4.90 Å². The fourth-order valence-electron chi connectivity index (χ4n) is 1.80. The van der Waals surface area contributed by atoms with E-state index in [1.165, 1.54) is 0 Å². The molecule has 0 aromatic carbocycles. The Morgan fingerprint density at radius 1 is 1.40 bits per heavy atom. The van der Waals surface area contributed by atoms with Gasteiger partial charge in [0.1, 0.15) is 0 Å². The van der Waals surface area contributed by atoms with Gasteiger partial charge in [-0.25, -0.2) is 0 Å². The molecular weight excluding hydrogens is 212 g/mol. The van der Waals surface area contributed by atoms with Gasteiger partial charge in [-0.2, -0.15) is 0 Å². The lowest BCUT2D eigenvalue weighted by atomic mass is 10.0. The molecule has 0 aromatic heterocycles. The molecule has 0 aliphatic carbocycles. The first-order valence-electron chi connectivity index (χ1n) is 5.58. The Kier molecular flexibility index (Phi) is 6.94. The van der Waals surface area contributed by atoms with Crippen LogP contribution in [0.15, 0.2) is 0 Å². The fourth-order valence-corrected chi connectivity index (χ4v) is 1.80. The SMILES string of the molecule is CC(=O)N1CCC(NCC(C)C)CC1.Cl. The largest absolute Gasteiger partial charge is 0.343 e. The fraction of sp³-hybridized carbons (Fsp3) is 0.909. The summed E-state index contributed by atoms with van der Waals surface area (Å²) >= 11 is 0. The van der Waals surface area contributed by atoms with Crippen LogP contribution in [0.5, 0.6) is 0 Å². The Balaban J connectivity index is 0.00000196.